The van der Waals surface area contributed by atoms with Crippen LogP contribution in [0, 0.1) is 5.92 Å². The van der Waals surface area contributed by atoms with Crippen LogP contribution in [0.2, 0.25) is 0 Å². The summed E-state index contributed by atoms with van der Waals surface area (Å²) >= 11 is 1.65. The van der Waals surface area contributed by atoms with E-state index in [9.17, 15) is 4.79 Å². The van der Waals surface area contributed by atoms with Gasteiger partial charge in [0.05, 0.1) is 18.7 Å². The Morgan fingerprint density at radius 3 is 2.88 bits per heavy atom. The van der Waals surface area contributed by atoms with Crippen LogP contribution in [0.25, 0.3) is 0 Å². The number of carbonyl (C=O) groups excluding carboxylic acids is 1. The van der Waals surface area contributed by atoms with E-state index in [1.165, 1.54) is 0 Å². The number of hydrogen-bond acceptors (Lipinski definition) is 4. The van der Waals surface area contributed by atoms with Gasteiger partial charge in [-0.3, -0.25) is 9.48 Å². The molecule has 25 heavy (non-hydrogen) atoms. The van der Waals surface area contributed by atoms with Gasteiger partial charge in [-0.2, -0.15) is 16.4 Å². The molecule has 1 aliphatic rings. The number of hydrogen-bond donors (Lipinski definition) is 0. The molecule has 1 aliphatic heterocycles. The number of thiophene rings is 1. The molecule has 0 fully saturated rings. The van der Waals surface area contributed by atoms with Crippen molar-refractivity contribution in [2.75, 3.05) is 26.2 Å². The van der Waals surface area contributed by atoms with E-state index in [1.807, 2.05) is 28.6 Å². The average molecular weight is 361 g/mol. The highest BCUT2D eigenvalue weighted by Crippen LogP contribution is 2.20. The lowest BCUT2D eigenvalue weighted by atomic mass is 10.0. The van der Waals surface area contributed by atoms with Crippen LogP contribution in [0.4, 0.5) is 0 Å². The number of amides is 1. The summed E-state index contributed by atoms with van der Waals surface area (Å²) in [6, 6.07) is 4.08. The molecule has 0 aliphatic carbocycles. The molecular formula is C19H28N4OS. The van der Waals surface area contributed by atoms with Gasteiger partial charge in [0.25, 0.3) is 0 Å². The fourth-order valence-electron chi connectivity index (χ4n) is 3.49. The van der Waals surface area contributed by atoms with E-state index in [4.69, 9.17) is 0 Å². The molecule has 0 bridgehead atoms. The van der Waals surface area contributed by atoms with Gasteiger partial charge in [-0.1, -0.05) is 13.8 Å². The third-order valence-electron chi connectivity index (χ3n) is 5.10. The zero-order chi connectivity index (χ0) is 17.6. The summed E-state index contributed by atoms with van der Waals surface area (Å²) in [7, 11) is 0. The summed E-state index contributed by atoms with van der Waals surface area (Å²) in [4.78, 5) is 17.3. The average Bonchev–Trinajstić information content (AvgIpc) is 3.24. The summed E-state index contributed by atoms with van der Waals surface area (Å²) in [5.74, 6) is 0.675. The normalized spacial score (nSPS) is 17.6. The molecule has 2 aromatic heterocycles. The van der Waals surface area contributed by atoms with E-state index in [0.29, 0.717) is 18.9 Å². The predicted molar refractivity (Wildman–Crippen MR) is 102 cm³/mol. The smallest absolute Gasteiger partial charge is 0.227 e. The number of nitrogens with zero attached hydrogens (tertiary/aromatic N) is 4. The number of carbonyl (C=O) groups is 1. The first kappa shape index (κ1) is 18.1. The van der Waals surface area contributed by atoms with Gasteiger partial charge in [0.2, 0.25) is 5.91 Å². The zero-order valence-corrected chi connectivity index (χ0v) is 16.0. The second-order valence-corrected chi connectivity index (χ2v) is 7.55. The molecular weight excluding hydrogens is 332 g/mol. The van der Waals surface area contributed by atoms with Crippen molar-refractivity contribution in [2.45, 2.75) is 39.8 Å². The molecule has 0 unspecified atom stereocenters. The van der Waals surface area contributed by atoms with E-state index < -0.39 is 0 Å². The zero-order valence-electron chi connectivity index (χ0n) is 15.2. The van der Waals surface area contributed by atoms with Crippen molar-refractivity contribution in [3.05, 3.63) is 40.3 Å². The Hall–Kier alpha value is -1.66. The molecule has 0 saturated heterocycles. The van der Waals surface area contributed by atoms with Gasteiger partial charge in [-0.05, 0) is 60.4 Å². The van der Waals surface area contributed by atoms with Crippen molar-refractivity contribution in [3.8, 4) is 0 Å². The van der Waals surface area contributed by atoms with Crippen molar-refractivity contribution in [2.24, 2.45) is 5.92 Å². The van der Waals surface area contributed by atoms with Crippen LogP contribution in [0.15, 0.2) is 29.1 Å². The molecule has 1 amide bonds. The molecule has 5 nitrogen and oxygen atoms in total. The van der Waals surface area contributed by atoms with E-state index in [0.717, 1.165) is 50.4 Å². The van der Waals surface area contributed by atoms with Crippen LogP contribution in [0.1, 0.15) is 31.5 Å². The summed E-state index contributed by atoms with van der Waals surface area (Å²) in [6.07, 6.45) is 3.45. The second-order valence-electron chi connectivity index (χ2n) is 6.77. The van der Waals surface area contributed by atoms with Crippen LogP contribution in [-0.4, -0.2) is 51.7 Å². The van der Waals surface area contributed by atoms with Crippen molar-refractivity contribution >= 4 is 17.2 Å². The Morgan fingerprint density at radius 1 is 1.32 bits per heavy atom. The van der Waals surface area contributed by atoms with E-state index in [1.54, 1.807) is 11.3 Å². The first-order valence-electron chi connectivity index (χ1n) is 9.21. The van der Waals surface area contributed by atoms with E-state index in [-0.39, 0.29) is 5.91 Å². The van der Waals surface area contributed by atoms with E-state index in [2.05, 4.69) is 33.9 Å². The quantitative estimate of drug-likeness (QED) is 0.762. The van der Waals surface area contributed by atoms with Crippen LogP contribution in [-0.2, 0) is 24.3 Å². The minimum atomic E-state index is 0.223. The molecule has 136 valence electrons. The van der Waals surface area contributed by atoms with Crippen LogP contribution in [0.3, 0.4) is 0 Å². The highest BCUT2D eigenvalue weighted by Gasteiger charge is 2.25. The minimum absolute atomic E-state index is 0.223. The molecule has 6 heteroatoms. The molecule has 0 aromatic carbocycles. The van der Waals surface area contributed by atoms with Gasteiger partial charge in [-0.15, -0.1) is 0 Å². The standard InChI is InChI=1S/C19H28N4OS/c1-3-21(4-2)9-6-17-12-22(14-18-5-8-20-23(18)13-17)19(24)11-16-7-10-25-15-16/h5,7-8,10,15,17H,3-4,6,9,11-14H2,1-2H3/t17-/m1/s1. The Labute approximate surface area is 154 Å². The third kappa shape index (κ3) is 4.70. The lowest BCUT2D eigenvalue weighted by molar-refractivity contribution is -0.131. The number of rotatable bonds is 7. The van der Waals surface area contributed by atoms with Gasteiger partial charge in [0.1, 0.15) is 0 Å². The van der Waals surface area contributed by atoms with Crippen LogP contribution >= 0.6 is 11.3 Å². The lowest BCUT2D eigenvalue weighted by Crippen LogP contribution is -2.36. The molecule has 2 aromatic rings. The topological polar surface area (TPSA) is 41.4 Å². The first-order valence-corrected chi connectivity index (χ1v) is 10.2. The predicted octanol–water partition coefficient (Wildman–Crippen LogP) is 2.88. The molecule has 0 N–H and O–H groups in total. The molecule has 3 rings (SSSR count). The van der Waals surface area contributed by atoms with Crippen LogP contribution in [0.5, 0.6) is 0 Å². The summed E-state index contributed by atoms with van der Waals surface area (Å²) in [5.41, 5.74) is 2.26. The Kier molecular flexibility index (Phi) is 6.26. The highest BCUT2D eigenvalue weighted by molar-refractivity contribution is 7.07. The van der Waals surface area contributed by atoms with Crippen molar-refractivity contribution in [1.29, 1.82) is 0 Å². The molecule has 0 saturated carbocycles. The summed E-state index contributed by atoms with van der Waals surface area (Å²) < 4.78 is 2.09. The van der Waals surface area contributed by atoms with Crippen LogP contribution < -0.4 is 0 Å². The minimum Gasteiger partial charge on any atom is -0.336 e. The van der Waals surface area contributed by atoms with Gasteiger partial charge in [-0.25, -0.2) is 0 Å². The largest absolute Gasteiger partial charge is 0.336 e. The fraction of sp³-hybridized carbons (Fsp3) is 0.579. The molecule has 3 heterocycles. The summed E-state index contributed by atoms with van der Waals surface area (Å²) in [6.45, 7) is 10.1. The third-order valence-corrected chi connectivity index (χ3v) is 5.84. The van der Waals surface area contributed by atoms with Gasteiger partial charge in [0.15, 0.2) is 0 Å². The highest BCUT2D eigenvalue weighted by atomic mass is 32.1. The number of aromatic nitrogens is 2. The monoisotopic (exact) mass is 360 g/mol. The maximum Gasteiger partial charge on any atom is 0.227 e. The SMILES string of the molecule is CCN(CC)CC[C@@H]1CN(C(=O)Cc2ccsc2)Cc2ccnn2C1. The lowest BCUT2D eigenvalue weighted by Gasteiger charge is -2.26. The van der Waals surface area contributed by atoms with Crippen molar-refractivity contribution < 1.29 is 4.79 Å². The van der Waals surface area contributed by atoms with Gasteiger partial charge < -0.3 is 9.80 Å². The molecule has 1 atom stereocenters. The van der Waals surface area contributed by atoms with Crippen molar-refractivity contribution in [1.82, 2.24) is 19.6 Å². The maximum atomic E-state index is 12.8. The first-order chi connectivity index (χ1) is 12.2. The Balaban J connectivity index is 1.68. The fourth-order valence-corrected chi connectivity index (χ4v) is 4.16. The Bertz CT molecular complexity index is 663. The van der Waals surface area contributed by atoms with E-state index >= 15 is 0 Å². The number of fused-ring (bicyclic) bond motifs is 1. The summed E-state index contributed by atoms with van der Waals surface area (Å²) in [5, 5.41) is 8.57. The Morgan fingerprint density at radius 2 is 2.16 bits per heavy atom. The maximum absolute atomic E-state index is 12.8. The molecule has 0 radical (unpaired) electrons. The molecule has 0 spiro atoms. The second kappa shape index (κ2) is 8.63. The van der Waals surface area contributed by atoms with Crippen molar-refractivity contribution in [3.63, 3.8) is 0 Å². The van der Waals surface area contributed by atoms with Gasteiger partial charge >= 0.3 is 0 Å². The van der Waals surface area contributed by atoms with Gasteiger partial charge in [0, 0.05) is 19.3 Å².